The van der Waals surface area contributed by atoms with Crippen LogP contribution in [0.4, 0.5) is 5.69 Å². The summed E-state index contributed by atoms with van der Waals surface area (Å²) in [5, 5.41) is 3.25. The molecule has 0 aliphatic carbocycles. The first kappa shape index (κ1) is 19.0. The molecular formula is C24H28N2O. The molecule has 0 atom stereocenters. The fourth-order valence-electron chi connectivity index (χ4n) is 3.28. The zero-order valence-corrected chi connectivity index (χ0v) is 16.7. The van der Waals surface area contributed by atoms with Crippen molar-refractivity contribution in [2.45, 2.75) is 40.2 Å². The smallest absolute Gasteiger partial charge is 0.122 e. The second kappa shape index (κ2) is 8.72. The van der Waals surface area contributed by atoms with Crippen LogP contribution in [-0.4, -0.2) is 12.0 Å². The molecule has 0 fully saturated rings. The number of nitrogens with zero attached hydrogens (tertiary/aromatic N) is 1. The van der Waals surface area contributed by atoms with Crippen molar-refractivity contribution in [3.05, 3.63) is 77.0 Å². The van der Waals surface area contributed by atoms with E-state index in [1.807, 2.05) is 7.05 Å². The van der Waals surface area contributed by atoms with Crippen LogP contribution in [0.5, 0.6) is 5.75 Å². The van der Waals surface area contributed by atoms with Crippen molar-refractivity contribution in [1.29, 1.82) is 0 Å². The molecule has 0 bridgehead atoms. The van der Waals surface area contributed by atoms with E-state index in [1.54, 1.807) is 0 Å². The summed E-state index contributed by atoms with van der Waals surface area (Å²) in [5.41, 5.74) is 7.95. The van der Waals surface area contributed by atoms with Crippen LogP contribution in [0.1, 0.15) is 35.7 Å². The second-order valence-electron chi connectivity index (χ2n) is 6.88. The van der Waals surface area contributed by atoms with Crippen LogP contribution in [0.25, 0.3) is 11.3 Å². The fourth-order valence-corrected chi connectivity index (χ4v) is 3.28. The van der Waals surface area contributed by atoms with Gasteiger partial charge in [0, 0.05) is 29.6 Å². The quantitative estimate of drug-likeness (QED) is 0.566. The van der Waals surface area contributed by atoms with Gasteiger partial charge in [-0.1, -0.05) is 31.5 Å². The van der Waals surface area contributed by atoms with E-state index in [1.165, 1.54) is 11.1 Å². The average Bonchev–Trinajstić information content (AvgIpc) is 2.68. The van der Waals surface area contributed by atoms with Crippen LogP contribution in [-0.2, 0) is 13.0 Å². The number of aryl methyl sites for hydroxylation is 3. The van der Waals surface area contributed by atoms with Gasteiger partial charge < -0.3 is 10.1 Å². The number of pyridine rings is 1. The Hall–Kier alpha value is -2.81. The van der Waals surface area contributed by atoms with E-state index in [0.717, 1.165) is 46.8 Å². The molecule has 3 aromatic rings. The van der Waals surface area contributed by atoms with Gasteiger partial charge in [0.25, 0.3) is 0 Å². The van der Waals surface area contributed by atoms with Crippen molar-refractivity contribution in [2.75, 3.05) is 12.4 Å². The van der Waals surface area contributed by atoms with Crippen molar-refractivity contribution in [1.82, 2.24) is 4.98 Å². The van der Waals surface area contributed by atoms with Gasteiger partial charge in [-0.25, -0.2) is 0 Å². The Kier molecular flexibility index (Phi) is 6.12. The lowest BCUT2D eigenvalue weighted by molar-refractivity contribution is 0.304. The molecule has 0 amide bonds. The Morgan fingerprint density at radius 2 is 1.78 bits per heavy atom. The summed E-state index contributed by atoms with van der Waals surface area (Å²) in [6.45, 7) is 6.93. The lowest BCUT2D eigenvalue weighted by atomic mass is 10.1. The molecule has 0 unspecified atom stereocenters. The molecule has 0 aliphatic heterocycles. The lowest BCUT2D eigenvalue weighted by Gasteiger charge is -2.15. The fraction of sp³-hybridized carbons (Fsp3) is 0.292. The Labute approximate surface area is 162 Å². The standard InChI is InChI=1S/C24H28N2O/c1-5-8-20-10-7-11-22(26-20)19-13-14-24(18(3)15-19)27-16-21-17(2)9-6-12-23(21)25-4/h6-7,9-15,25H,5,8,16H2,1-4H3. The van der Waals surface area contributed by atoms with Gasteiger partial charge in [0.2, 0.25) is 0 Å². The molecule has 0 spiro atoms. The van der Waals surface area contributed by atoms with Crippen molar-refractivity contribution >= 4 is 5.69 Å². The summed E-state index contributed by atoms with van der Waals surface area (Å²) in [6, 6.07) is 18.8. The number of hydrogen-bond acceptors (Lipinski definition) is 3. The molecule has 3 heteroatoms. The maximum absolute atomic E-state index is 6.14. The predicted octanol–water partition coefficient (Wildman–Crippen LogP) is 5.94. The highest BCUT2D eigenvalue weighted by Gasteiger charge is 2.09. The van der Waals surface area contributed by atoms with Crippen LogP contribution in [0.15, 0.2) is 54.6 Å². The largest absolute Gasteiger partial charge is 0.489 e. The number of rotatable bonds is 7. The summed E-state index contributed by atoms with van der Waals surface area (Å²) < 4.78 is 6.14. The molecular weight excluding hydrogens is 332 g/mol. The molecule has 0 saturated carbocycles. The van der Waals surface area contributed by atoms with Gasteiger partial charge in [0.15, 0.2) is 0 Å². The van der Waals surface area contributed by atoms with E-state index in [-0.39, 0.29) is 0 Å². The van der Waals surface area contributed by atoms with Crippen molar-refractivity contribution in [3.63, 3.8) is 0 Å². The summed E-state index contributed by atoms with van der Waals surface area (Å²) >= 11 is 0. The van der Waals surface area contributed by atoms with Crippen LogP contribution >= 0.6 is 0 Å². The molecule has 1 heterocycles. The summed E-state index contributed by atoms with van der Waals surface area (Å²) in [4.78, 5) is 4.78. The third-order valence-electron chi connectivity index (χ3n) is 4.84. The highest BCUT2D eigenvalue weighted by atomic mass is 16.5. The van der Waals surface area contributed by atoms with E-state index < -0.39 is 0 Å². The zero-order chi connectivity index (χ0) is 19.2. The van der Waals surface area contributed by atoms with Gasteiger partial charge in [0.05, 0.1) is 5.69 Å². The number of nitrogens with one attached hydrogen (secondary N) is 1. The SMILES string of the molecule is CCCc1cccc(-c2ccc(OCc3c(C)cccc3NC)c(C)c2)n1. The monoisotopic (exact) mass is 360 g/mol. The number of benzene rings is 2. The molecule has 0 saturated heterocycles. The molecule has 0 aliphatic rings. The normalized spacial score (nSPS) is 10.7. The van der Waals surface area contributed by atoms with Gasteiger partial charge >= 0.3 is 0 Å². The minimum Gasteiger partial charge on any atom is -0.489 e. The van der Waals surface area contributed by atoms with Crippen LogP contribution in [0, 0.1) is 13.8 Å². The van der Waals surface area contributed by atoms with Crippen molar-refractivity contribution in [3.8, 4) is 17.0 Å². The summed E-state index contributed by atoms with van der Waals surface area (Å²) in [7, 11) is 1.94. The molecule has 1 aromatic heterocycles. The molecule has 3 nitrogen and oxygen atoms in total. The predicted molar refractivity (Wildman–Crippen MR) is 113 cm³/mol. The molecule has 3 rings (SSSR count). The second-order valence-corrected chi connectivity index (χ2v) is 6.88. The van der Waals surface area contributed by atoms with Gasteiger partial charge in [-0.2, -0.15) is 0 Å². The van der Waals surface area contributed by atoms with Gasteiger partial charge in [-0.3, -0.25) is 4.98 Å². The highest BCUT2D eigenvalue weighted by molar-refractivity contribution is 5.62. The van der Waals surface area contributed by atoms with Crippen LogP contribution in [0.3, 0.4) is 0 Å². The molecule has 27 heavy (non-hydrogen) atoms. The van der Waals surface area contributed by atoms with E-state index in [9.17, 15) is 0 Å². The number of hydrogen-bond donors (Lipinski definition) is 1. The highest BCUT2D eigenvalue weighted by Crippen LogP contribution is 2.27. The average molecular weight is 361 g/mol. The van der Waals surface area contributed by atoms with Gasteiger partial charge in [0.1, 0.15) is 12.4 Å². The first-order valence-electron chi connectivity index (χ1n) is 9.58. The topological polar surface area (TPSA) is 34.1 Å². The summed E-state index contributed by atoms with van der Waals surface area (Å²) in [5.74, 6) is 0.911. The first-order chi connectivity index (χ1) is 13.1. The Morgan fingerprint density at radius 1 is 0.963 bits per heavy atom. The summed E-state index contributed by atoms with van der Waals surface area (Å²) in [6.07, 6.45) is 2.12. The maximum Gasteiger partial charge on any atom is 0.122 e. The number of ether oxygens (including phenoxy) is 1. The van der Waals surface area contributed by atoms with Crippen molar-refractivity contribution < 1.29 is 4.74 Å². The Morgan fingerprint density at radius 3 is 2.52 bits per heavy atom. The van der Waals surface area contributed by atoms with Crippen LogP contribution in [0.2, 0.25) is 0 Å². The van der Waals surface area contributed by atoms with E-state index in [0.29, 0.717) is 6.61 Å². The van der Waals surface area contributed by atoms with E-state index in [4.69, 9.17) is 9.72 Å². The number of aromatic nitrogens is 1. The molecule has 140 valence electrons. The zero-order valence-electron chi connectivity index (χ0n) is 16.7. The van der Waals surface area contributed by atoms with E-state index >= 15 is 0 Å². The minimum atomic E-state index is 0.549. The first-order valence-corrected chi connectivity index (χ1v) is 9.58. The van der Waals surface area contributed by atoms with E-state index in [2.05, 4.69) is 80.7 Å². The van der Waals surface area contributed by atoms with Crippen molar-refractivity contribution in [2.24, 2.45) is 0 Å². The molecule has 2 aromatic carbocycles. The lowest BCUT2D eigenvalue weighted by Crippen LogP contribution is -2.03. The third-order valence-corrected chi connectivity index (χ3v) is 4.84. The Balaban J connectivity index is 1.79. The Bertz CT molecular complexity index is 918. The molecule has 0 radical (unpaired) electrons. The van der Waals surface area contributed by atoms with Gasteiger partial charge in [-0.05, 0) is 67.8 Å². The number of anilines is 1. The maximum atomic E-state index is 6.14. The van der Waals surface area contributed by atoms with Crippen LogP contribution < -0.4 is 10.1 Å². The minimum absolute atomic E-state index is 0.549. The van der Waals surface area contributed by atoms with Gasteiger partial charge in [-0.15, -0.1) is 0 Å². The third kappa shape index (κ3) is 4.48. The molecule has 1 N–H and O–H groups in total.